The van der Waals surface area contributed by atoms with Crippen molar-refractivity contribution >= 4 is 17.8 Å². The third-order valence-electron chi connectivity index (χ3n) is 6.85. The Balaban J connectivity index is 1.59. The minimum Gasteiger partial charge on any atom is -0.494 e. The number of esters is 1. The van der Waals surface area contributed by atoms with Crippen molar-refractivity contribution in [1.82, 2.24) is 10.2 Å². The first kappa shape index (κ1) is 26.0. The summed E-state index contributed by atoms with van der Waals surface area (Å²) in [6, 6.07) is 6.42. The highest BCUT2D eigenvalue weighted by Gasteiger charge is 2.41. The summed E-state index contributed by atoms with van der Waals surface area (Å²) >= 11 is 0. The van der Waals surface area contributed by atoms with Crippen molar-refractivity contribution in [1.29, 1.82) is 0 Å². The van der Waals surface area contributed by atoms with Gasteiger partial charge in [0.2, 0.25) is 11.8 Å². The van der Waals surface area contributed by atoms with Crippen LogP contribution in [0.5, 0.6) is 5.75 Å². The van der Waals surface area contributed by atoms with Gasteiger partial charge < -0.3 is 24.8 Å². The number of carbonyl (C=O) groups is 3. The molecule has 0 unspecified atom stereocenters. The van der Waals surface area contributed by atoms with E-state index in [1.807, 2.05) is 24.3 Å². The van der Waals surface area contributed by atoms with Gasteiger partial charge >= 0.3 is 5.97 Å². The maximum absolute atomic E-state index is 13.5. The number of methoxy groups -OCH3 is 1. The standard InChI is InChI=1S/C26H38N2O6/c1-33-26(32)22-9-5-16-28(22)25(31)24(20-7-3-2-4-8-20)27-23(30)15-12-19-10-13-21(14-11-19)34-18-6-17-29/h10-11,13-14,20,22,24,29H,2-9,12,15-18H2,1H3,(H,27,30)/t22-,24-/m0/s1. The maximum Gasteiger partial charge on any atom is 0.328 e. The molecule has 1 saturated heterocycles. The number of nitrogens with one attached hydrogen (secondary N) is 1. The molecule has 188 valence electrons. The van der Waals surface area contributed by atoms with Crippen LogP contribution in [0.1, 0.15) is 63.4 Å². The average Bonchev–Trinajstić information content (AvgIpc) is 3.37. The molecule has 34 heavy (non-hydrogen) atoms. The number of ether oxygens (including phenoxy) is 2. The van der Waals surface area contributed by atoms with Crippen LogP contribution in [0.15, 0.2) is 24.3 Å². The van der Waals surface area contributed by atoms with Crippen molar-refractivity contribution in [3.8, 4) is 5.75 Å². The monoisotopic (exact) mass is 474 g/mol. The lowest BCUT2D eigenvalue weighted by Gasteiger charge is -2.34. The molecule has 1 aliphatic heterocycles. The van der Waals surface area contributed by atoms with Crippen LogP contribution >= 0.6 is 0 Å². The first-order valence-corrected chi connectivity index (χ1v) is 12.5. The fraction of sp³-hybridized carbons (Fsp3) is 0.654. The number of benzene rings is 1. The Labute approximate surface area is 202 Å². The van der Waals surface area contributed by atoms with E-state index in [0.29, 0.717) is 32.4 Å². The molecule has 0 bridgehead atoms. The second kappa shape index (κ2) is 13.3. The third kappa shape index (κ3) is 7.19. The number of nitrogens with zero attached hydrogens (tertiary/aromatic N) is 1. The Morgan fingerprint density at radius 3 is 2.50 bits per heavy atom. The van der Waals surface area contributed by atoms with E-state index in [4.69, 9.17) is 14.6 Å². The fourth-order valence-electron chi connectivity index (χ4n) is 4.95. The quantitative estimate of drug-likeness (QED) is 0.377. The molecule has 8 nitrogen and oxygen atoms in total. The van der Waals surface area contributed by atoms with Crippen molar-refractivity contribution < 1.29 is 29.0 Å². The first-order valence-electron chi connectivity index (χ1n) is 12.5. The highest BCUT2D eigenvalue weighted by Crippen LogP contribution is 2.29. The lowest BCUT2D eigenvalue weighted by Crippen LogP contribution is -2.55. The molecule has 2 fully saturated rings. The van der Waals surface area contributed by atoms with E-state index < -0.39 is 12.1 Å². The number of hydrogen-bond acceptors (Lipinski definition) is 6. The summed E-state index contributed by atoms with van der Waals surface area (Å²) in [5, 5.41) is 11.9. The molecular formula is C26H38N2O6. The van der Waals surface area contributed by atoms with Gasteiger partial charge in [0.15, 0.2) is 0 Å². The molecule has 2 N–H and O–H groups in total. The lowest BCUT2D eigenvalue weighted by atomic mass is 9.83. The lowest BCUT2D eigenvalue weighted by molar-refractivity contribution is -0.152. The predicted molar refractivity (Wildman–Crippen MR) is 127 cm³/mol. The zero-order valence-corrected chi connectivity index (χ0v) is 20.2. The molecule has 2 aliphatic rings. The number of aryl methyl sites for hydroxylation is 1. The molecule has 0 aromatic heterocycles. The van der Waals surface area contributed by atoms with Crippen molar-refractivity contribution in [3.05, 3.63) is 29.8 Å². The van der Waals surface area contributed by atoms with E-state index in [0.717, 1.165) is 49.8 Å². The molecule has 3 rings (SSSR count). The van der Waals surface area contributed by atoms with E-state index in [9.17, 15) is 14.4 Å². The van der Waals surface area contributed by atoms with Crippen LogP contribution in [-0.4, -0.2) is 66.7 Å². The Hall–Kier alpha value is -2.61. The number of aliphatic hydroxyl groups is 1. The van der Waals surface area contributed by atoms with Gasteiger partial charge in [-0.25, -0.2) is 4.79 Å². The van der Waals surface area contributed by atoms with Crippen LogP contribution in [0, 0.1) is 5.92 Å². The second-order valence-electron chi connectivity index (χ2n) is 9.23. The van der Waals surface area contributed by atoms with Gasteiger partial charge in [-0.3, -0.25) is 9.59 Å². The van der Waals surface area contributed by atoms with E-state index in [1.54, 1.807) is 4.90 Å². The molecule has 1 aliphatic carbocycles. The fourth-order valence-corrected chi connectivity index (χ4v) is 4.95. The van der Waals surface area contributed by atoms with Crippen LogP contribution < -0.4 is 10.1 Å². The summed E-state index contributed by atoms with van der Waals surface area (Å²) in [7, 11) is 1.34. The molecule has 0 spiro atoms. The van der Waals surface area contributed by atoms with E-state index in [1.165, 1.54) is 7.11 Å². The molecule has 1 heterocycles. The zero-order chi connectivity index (χ0) is 24.3. The number of rotatable bonds is 11. The number of amides is 2. The highest BCUT2D eigenvalue weighted by atomic mass is 16.5. The summed E-state index contributed by atoms with van der Waals surface area (Å²) in [5.41, 5.74) is 1.01. The third-order valence-corrected chi connectivity index (χ3v) is 6.85. The largest absolute Gasteiger partial charge is 0.494 e. The Morgan fingerprint density at radius 1 is 1.09 bits per heavy atom. The molecule has 2 atom stereocenters. The Morgan fingerprint density at radius 2 is 1.82 bits per heavy atom. The van der Waals surface area contributed by atoms with Gasteiger partial charge in [-0.15, -0.1) is 0 Å². The summed E-state index contributed by atoms with van der Waals surface area (Å²) in [6.07, 6.45) is 7.86. The van der Waals surface area contributed by atoms with Crippen LogP contribution in [-0.2, 0) is 25.5 Å². The molecular weight excluding hydrogens is 436 g/mol. The van der Waals surface area contributed by atoms with E-state index >= 15 is 0 Å². The summed E-state index contributed by atoms with van der Waals surface area (Å²) in [6.45, 7) is 1.08. The van der Waals surface area contributed by atoms with Crippen LogP contribution in [0.25, 0.3) is 0 Å². The van der Waals surface area contributed by atoms with Gasteiger partial charge in [0.1, 0.15) is 17.8 Å². The summed E-state index contributed by atoms with van der Waals surface area (Å²) < 4.78 is 10.4. The minimum absolute atomic E-state index is 0.0959. The van der Waals surface area contributed by atoms with E-state index in [2.05, 4.69) is 5.32 Å². The molecule has 2 amide bonds. The van der Waals surface area contributed by atoms with Gasteiger partial charge in [0.25, 0.3) is 0 Å². The Bertz CT molecular complexity index is 806. The number of aliphatic hydroxyl groups excluding tert-OH is 1. The minimum atomic E-state index is -0.597. The summed E-state index contributed by atoms with van der Waals surface area (Å²) in [4.78, 5) is 40.2. The smallest absolute Gasteiger partial charge is 0.328 e. The van der Waals surface area contributed by atoms with Crippen molar-refractivity contribution in [2.24, 2.45) is 5.92 Å². The second-order valence-corrected chi connectivity index (χ2v) is 9.23. The predicted octanol–water partition coefficient (Wildman–Crippen LogP) is 2.61. The SMILES string of the molecule is COC(=O)[C@@H]1CCCN1C(=O)[C@@H](NC(=O)CCc1ccc(OCCCO)cc1)C1CCCCC1. The van der Waals surface area contributed by atoms with Crippen molar-refractivity contribution in [3.63, 3.8) is 0 Å². The van der Waals surface area contributed by atoms with Crippen LogP contribution in [0.4, 0.5) is 0 Å². The van der Waals surface area contributed by atoms with Gasteiger partial charge in [-0.2, -0.15) is 0 Å². The molecule has 1 aromatic rings. The summed E-state index contributed by atoms with van der Waals surface area (Å²) in [5.74, 6) is 0.136. The topological polar surface area (TPSA) is 105 Å². The van der Waals surface area contributed by atoms with Crippen LogP contribution in [0.2, 0.25) is 0 Å². The number of carbonyl (C=O) groups excluding carboxylic acids is 3. The average molecular weight is 475 g/mol. The van der Waals surface area contributed by atoms with Gasteiger partial charge in [0.05, 0.1) is 13.7 Å². The number of hydrogen-bond donors (Lipinski definition) is 2. The highest BCUT2D eigenvalue weighted by molar-refractivity contribution is 5.91. The van der Waals surface area contributed by atoms with Gasteiger partial charge in [-0.05, 0) is 55.7 Å². The van der Waals surface area contributed by atoms with Gasteiger partial charge in [-0.1, -0.05) is 31.4 Å². The van der Waals surface area contributed by atoms with E-state index in [-0.39, 0.29) is 36.7 Å². The van der Waals surface area contributed by atoms with Crippen molar-refractivity contribution in [2.75, 3.05) is 26.9 Å². The molecule has 1 aromatic carbocycles. The van der Waals surface area contributed by atoms with Crippen LogP contribution in [0.3, 0.4) is 0 Å². The van der Waals surface area contributed by atoms with Crippen molar-refractivity contribution in [2.45, 2.75) is 76.3 Å². The maximum atomic E-state index is 13.5. The normalized spacial score (nSPS) is 19.5. The number of likely N-dealkylation sites (tertiary alicyclic amines) is 1. The Kier molecular flexibility index (Phi) is 10.2. The molecule has 0 radical (unpaired) electrons. The zero-order valence-electron chi connectivity index (χ0n) is 20.2. The molecule has 1 saturated carbocycles. The first-order chi connectivity index (χ1) is 16.5. The molecule has 8 heteroatoms. The van der Waals surface area contributed by atoms with Gasteiger partial charge in [0, 0.05) is 26.0 Å².